The maximum absolute atomic E-state index is 10.1. The highest BCUT2D eigenvalue weighted by Crippen LogP contribution is 2.27. The Morgan fingerprint density at radius 3 is 2.57 bits per heavy atom. The first-order chi connectivity index (χ1) is 9.97. The molecule has 21 heavy (non-hydrogen) atoms. The lowest BCUT2D eigenvalue weighted by molar-refractivity contribution is 0.148. The van der Waals surface area contributed by atoms with Crippen molar-refractivity contribution in [2.45, 2.75) is 39.3 Å². The Kier molecular flexibility index (Phi) is 7.02. The molecule has 5 heteroatoms. The lowest BCUT2D eigenvalue weighted by Gasteiger charge is -2.34. The van der Waals surface area contributed by atoms with Crippen LogP contribution in [0.1, 0.15) is 32.3 Å². The third kappa shape index (κ3) is 5.21. The lowest BCUT2D eigenvalue weighted by Crippen LogP contribution is -2.40. The molecular formula is C16H24I2N2O. The Bertz CT molecular complexity index is 472. The molecular weight excluding hydrogens is 490 g/mol. The monoisotopic (exact) mass is 514 g/mol. The van der Waals surface area contributed by atoms with E-state index in [0.717, 1.165) is 28.1 Å². The first-order valence-corrected chi connectivity index (χ1v) is 9.74. The summed E-state index contributed by atoms with van der Waals surface area (Å²) in [5.74, 6) is 1.20. The van der Waals surface area contributed by atoms with Crippen molar-refractivity contribution >= 4 is 45.2 Å². The largest absolute Gasteiger partial charge is 0.507 e. The number of nitrogens with zero attached hydrogens (tertiary/aromatic N) is 1. The molecule has 1 aliphatic rings. The summed E-state index contributed by atoms with van der Waals surface area (Å²) in [6.07, 6.45) is 2.56. The molecule has 2 N–H and O–H groups in total. The molecule has 0 amide bonds. The number of likely N-dealkylation sites (tertiary alicyclic amines) is 1. The molecule has 0 aliphatic carbocycles. The molecule has 0 radical (unpaired) electrons. The zero-order chi connectivity index (χ0) is 15.4. The highest BCUT2D eigenvalue weighted by atomic mass is 127. The van der Waals surface area contributed by atoms with Gasteiger partial charge in [-0.15, -0.1) is 0 Å². The first-order valence-electron chi connectivity index (χ1n) is 7.59. The van der Waals surface area contributed by atoms with Crippen LogP contribution in [0.5, 0.6) is 5.75 Å². The predicted octanol–water partition coefficient (Wildman–Crippen LogP) is 3.81. The summed E-state index contributed by atoms with van der Waals surface area (Å²) < 4.78 is 2.11. The summed E-state index contributed by atoms with van der Waals surface area (Å²) in [6.45, 7) is 8.79. The van der Waals surface area contributed by atoms with Crippen molar-refractivity contribution in [1.29, 1.82) is 0 Å². The van der Waals surface area contributed by atoms with Gasteiger partial charge in [0, 0.05) is 21.7 Å². The number of benzene rings is 1. The summed E-state index contributed by atoms with van der Waals surface area (Å²) in [4.78, 5) is 2.56. The standard InChI is InChI=1S/C16H24I2N2O/c1-11(2)20-5-3-12(4-6-20)9-19-10-13-7-14(17)8-15(18)16(13)21/h7-8,11-12,19,21H,3-6,9-10H2,1-2H3. The number of hydrogen-bond donors (Lipinski definition) is 2. The zero-order valence-corrected chi connectivity index (χ0v) is 17.0. The number of nitrogens with one attached hydrogen (secondary N) is 1. The number of piperidine rings is 1. The van der Waals surface area contributed by atoms with Gasteiger partial charge in [-0.2, -0.15) is 0 Å². The van der Waals surface area contributed by atoms with Crippen molar-refractivity contribution in [3.05, 3.63) is 24.8 Å². The molecule has 0 spiro atoms. The van der Waals surface area contributed by atoms with Crippen LogP contribution in [-0.2, 0) is 6.54 Å². The Morgan fingerprint density at radius 1 is 1.29 bits per heavy atom. The van der Waals surface area contributed by atoms with Gasteiger partial charge in [-0.3, -0.25) is 0 Å². The van der Waals surface area contributed by atoms with Crippen LogP contribution in [0.25, 0.3) is 0 Å². The van der Waals surface area contributed by atoms with Crippen molar-refractivity contribution in [1.82, 2.24) is 10.2 Å². The topological polar surface area (TPSA) is 35.5 Å². The predicted molar refractivity (Wildman–Crippen MR) is 105 cm³/mol. The summed E-state index contributed by atoms with van der Waals surface area (Å²) in [6, 6.07) is 4.73. The van der Waals surface area contributed by atoms with Gasteiger partial charge in [0.25, 0.3) is 0 Å². The quantitative estimate of drug-likeness (QED) is 0.588. The van der Waals surface area contributed by atoms with Crippen molar-refractivity contribution in [2.75, 3.05) is 19.6 Å². The number of phenols is 1. The Balaban J connectivity index is 1.78. The average Bonchev–Trinajstić information content (AvgIpc) is 2.44. The minimum absolute atomic E-state index is 0.429. The molecule has 2 rings (SSSR count). The first kappa shape index (κ1) is 17.7. The smallest absolute Gasteiger partial charge is 0.133 e. The molecule has 1 aliphatic heterocycles. The molecule has 0 saturated carbocycles. The van der Waals surface area contributed by atoms with Gasteiger partial charge in [-0.05, 0) is 110 Å². The van der Waals surface area contributed by atoms with Gasteiger partial charge in [-0.1, -0.05) is 0 Å². The fourth-order valence-electron chi connectivity index (χ4n) is 2.84. The fraction of sp³-hybridized carbons (Fsp3) is 0.625. The van der Waals surface area contributed by atoms with Crippen LogP contribution in [0.3, 0.4) is 0 Å². The number of aromatic hydroxyl groups is 1. The second-order valence-corrected chi connectivity index (χ2v) is 8.51. The summed E-state index contributed by atoms with van der Waals surface area (Å²) in [7, 11) is 0. The van der Waals surface area contributed by atoms with E-state index in [1.54, 1.807) is 0 Å². The molecule has 1 fully saturated rings. The van der Waals surface area contributed by atoms with E-state index in [0.29, 0.717) is 11.8 Å². The highest BCUT2D eigenvalue weighted by molar-refractivity contribution is 14.1. The second-order valence-electron chi connectivity index (χ2n) is 6.10. The van der Waals surface area contributed by atoms with Crippen molar-refractivity contribution < 1.29 is 5.11 Å². The molecule has 0 aromatic heterocycles. The third-order valence-corrected chi connectivity index (χ3v) is 5.68. The molecule has 0 unspecified atom stereocenters. The zero-order valence-electron chi connectivity index (χ0n) is 12.7. The van der Waals surface area contributed by atoms with Crippen LogP contribution in [0.2, 0.25) is 0 Å². The molecule has 1 heterocycles. The number of halogens is 2. The van der Waals surface area contributed by atoms with Crippen LogP contribution in [0.15, 0.2) is 12.1 Å². The highest BCUT2D eigenvalue weighted by Gasteiger charge is 2.20. The fourth-order valence-corrected chi connectivity index (χ4v) is 4.80. The third-order valence-electron chi connectivity index (χ3n) is 4.23. The number of phenolic OH excluding ortho intramolecular Hbond substituents is 1. The van der Waals surface area contributed by atoms with Crippen LogP contribution in [0, 0.1) is 13.1 Å². The maximum atomic E-state index is 10.1. The molecule has 0 bridgehead atoms. The SMILES string of the molecule is CC(C)N1CCC(CNCc2cc(I)cc(I)c2O)CC1. The van der Waals surface area contributed by atoms with E-state index in [-0.39, 0.29) is 0 Å². The minimum Gasteiger partial charge on any atom is -0.507 e. The lowest BCUT2D eigenvalue weighted by atomic mass is 9.96. The molecule has 1 aromatic carbocycles. The number of rotatable bonds is 5. The summed E-state index contributed by atoms with van der Waals surface area (Å²) >= 11 is 4.49. The van der Waals surface area contributed by atoms with Crippen molar-refractivity contribution in [3.8, 4) is 5.75 Å². The van der Waals surface area contributed by atoms with Crippen LogP contribution >= 0.6 is 45.2 Å². The molecule has 0 atom stereocenters. The Labute approximate surface area is 155 Å². The normalized spacial score (nSPS) is 17.6. The van der Waals surface area contributed by atoms with Gasteiger partial charge in [0.2, 0.25) is 0 Å². The van der Waals surface area contributed by atoms with Crippen LogP contribution < -0.4 is 5.32 Å². The van der Waals surface area contributed by atoms with Gasteiger partial charge in [0.05, 0.1) is 3.57 Å². The van der Waals surface area contributed by atoms with E-state index < -0.39 is 0 Å². The van der Waals surface area contributed by atoms with Gasteiger partial charge in [0.1, 0.15) is 5.75 Å². The molecule has 1 aromatic rings. The van der Waals surface area contributed by atoms with E-state index in [9.17, 15) is 5.11 Å². The van der Waals surface area contributed by atoms with E-state index in [1.165, 1.54) is 29.5 Å². The van der Waals surface area contributed by atoms with Gasteiger partial charge in [-0.25, -0.2) is 0 Å². The average molecular weight is 514 g/mol. The van der Waals surface area contributed by atoms with Crippen LogP contribution in [0.4, 0.5) is 0 Å². The maximum Gasteiger partial charge on any atom is 0.133 e. The van der Waals surface area contributed by atoms with E-state index in [4.69, 9.17) is 0 Å². The van der Waals surface area contributed by atoms with E-state index >= 15 is 0 Å². The number of hydrogen-bond acceptors (Lipinski definition) is 3. The van der Waals surface area contributed by atoms with Gasteiger partial charge < -0.3 is 15.3 Å². The molecule has 3 nitrogen and oxygen atoms in total. The summed E-state index contributed by atoms with van der Waals surface area (Å²) in [5.41, 5.74) is 1.01. The summed E-state index contributed by atoms with van der Waals surface area (Å²) in [5, 5.41) is 13.6. The Morgan fingerprint density at radius 2 is 1.95 bits per heavy atom. The van der Waals surface area contributed by atoms with E-state index in [2.05, 4.69) is 75.3 Å². The van der Waals surface area contributed by atoms with Gasteiger partial charge in [0.15, 0.2) is 0 Å². The molecule has 1 saturated heterocycles. The van der Waals surface area contributed by atoms with Crippen molar-refractivity contribution in [3.63, 3.8) is 0 Å². The molecule has 118 valence electrons. The van der Waals surface area contributed by atoms with Crippen molar-refractivity contribution in [2.24, 2.45) is 5.92 Å². The van der Waals surface area contributed by atoms with Gasteiger partial charge >= 0.3 is 0 Å². The second kappa shape index (κ2) is 8.31. The van der Waals surface area contributed by atoms with Crippen LogP contribution in [-0.4, -0.2) is 35.7 Å². The minimum atomic E-state index is 0.429. The van der Waals surface area contributed by atoms with E-state index in [1.807, 2.05) is 6.07 Å². The Hall–Kier alpha value is 0.400.